The highest BCUT2D eigenvalue weighted by Crippen LogP contribution is 2.27. The number of nitrogens with zero attached hydrogens (tertiary/aromatic N) is 2. The fourth-order valence-corrected chi connectivity index (χ4v) is 5.60. The Bertz CT molecular complexity index is 625. The van der Waals surface area contributed by atoms with Crippen molar-refractivity contribution in [1.29, 1.82) is 0 Å². The smallest absolute Gasteiger partial charge is 0.410 e. The van der Waals surface area contributed by atoms with Gasteiger partial charge in [0.15, 0.2) is 0 Å². The molecule has 0 aromatic heterocycles. The summed E-state index contributed by atoms with van der Waals surface area (Å²) in [6.45, 7) is 15.4. The minimum Gasteiger partial charge on any atom is -0.444 e. The van der Waals surface area contributed by atoms with Crippen LogP contribution in [0.2, 0.25) is 0 Å². The third-order valence-electron chi connectivity index (χ3n) is 6.98. The molecule has 4 heterocycles. The van der Waals surface area contributed by atoms with Crippen LogP contribution < -0.4 is 10.6 Å². The molecule has 0 saturated carbocycles. The molecule has 0 radical (unpaired) electrons. The average Bonchev–Trinajstić information content (AvgIpc) is 2.76. The minimum atomic E-state index is -0.397. The molecular formula is C26H48N4O4. The topological polar surface area (TPSA) is 83.1 Å². The van der Waals surface area contributed by atoms with Gasteiger partial charge in [-0.2, -0.15) is 0 Å². The van der Waals surface area contributed by atoms with E-state index < -0.39 is 11.2 Å². The zero-order chi connectivity index (χ0) is 24.9. The molecule has 2 N–H and O–H groups in total. The van der Waals surface area contributed by atoms with E-state index >= 15 is 0 Å². The van der Waals surface area contributed by atoms with Crippen LogP contribution in [0.1, 0.15) is 92.9 Å². The highest BCUT2D eigenvalue weighted by atomic mass is 16.6. The van der Waals surface area contributed by atoms with Crippen molar-refractivity contribution in [2.45, 2.75) is 128 Å². The minimum absolute atomic E-state index is 0.143. The quantitative estimate of drug-likeness (QED) is 0.539. The van der Waals surface area contributed by atoms with Crippen molar-refractivity contribution in [3.63, 3.8) is 0 Å². The molecule has 2 amide bonds. The molecule has 196 valence electrons. The molecule has 0 unspecified atom stereocenters. The number of hydrogen-bond acceptors (Lipinski definition) is 6. The second-order valence-corrected chi connectivity index (χ2v) is 12.2. The maximum Gasteiger partial charge on any atom is 0.410 e. The summed E-state index contributed by atoms with van der Waals surface area (Å²) in [5, 5.41) is 7.04. The number of likely N-dealkylation sites (tertiary alicyclic amines) is 2. The zero-order valence-corrected chi connectivity index (χ0v) is 22.3. The van der Waals surface area contributed by atoms with Crippen molar-refractivity contribution >= 4 is 12.2 Å². The second-order valence-electron chi connectivity index (χ2n) is 12.2. The van der Waals surface area contributed by atoms with Gasteiger partial charge in [-0.3, -0.25) is 0 Å². The van der Waals surface area contributed by atoms with Crippen LogP contribution in [0.3, 0.4) is 0 Å². The first kappa shape index (κ1) is 27.1. The summed E-state index contributed by atoms with van der Waals surface area (Å²) >= 11 is 0. The van der Waals surface area contributed by atoms with Crippen molar-refractivity contribution in [2.75, 3.05) is 26.2 Å². The van der Waals surface area contributed by atoms with E-state index in [0.29, 0.717) is 24.2 Å². The molecule has 8 heteroatoms. The summed E-state index contributed by atoms with van der Waals surface area (Å²) in [7, 11) is 0. The van der Waals surface area contributed by atoms with Crippen LogP contribution in [0.25, 0.3) is 0 Å². The predicted molar refractivity (Wildman–Crippen MR) is 134 cm³/mol. The van der Waals surface area contributed by atoms with E-state index in [-0.39, 0.29) is 12.2 Å². The molecule has 0 aromatic rings. The maximum atomic E-state index is 12.1. The van der Waals surface area contributed by atoms with Gasteiger partial charge < -0.3 is 29.9 Å². The lowest BCUT2D eigenvalue weighted by Crippen LogP contribution is -2.59. The monoisotopic (exact) mass is 480 g/mol. The number of hydrogen-bond donors (Lipinski definition) is 2. The van der Waals surface area contributed by atoms with E-state index in [4.69, 9.17) is 9.47 Å². The maximum absolute atomic E-state index is 12.1. The molecule has 0 bridgehead atoms. The van der Waals surface area contributed by atoms with Crippen molar-refractivity contribution in [1.82, 2.24) is 20.4 Å². The van der Waals surface area contributed by atoms with Crippen molar-refractivity contribution in [3.05, 3.63) is 0 Å². The summed E-state index contributed by atoms with van der Waals surface area (Å²) < 4.78 is 11.0. The van der Waals surface area contributed by atoms with Gasteiger partial charge in [0.1, 0.15) is 11.2 Å². The summed E-state index contributed by atoms with van der Waals surface area (Å²) in [4.78, 5) is 28.2. The zero-order valence-electron chi connectivity index (χ0n) is 22.3. The summed E-state index contributed by atoms with van der Waals surface area (Å²) in [6.07, 6.45) is 8.76. The van der Waals surface area contributed by atoms with E-state index in [0.717, 1.165) is 64.7 Å². The number of ether oxygens (including phenoxy) is 2. The number of carbonyl (C=O) groups is 2. The Morgan fingerprint density at radius 2 is 1.03 bits per heavy atom. The lowest BCUT2D eigenvalue weighted by molar-refractivity contribution is -0.00109. The molecule has 0 aromatic carbocycles. The van der Waals surface area contributed by atoms with Crippen molar-refractivity contribution < 1.29 is 19.1 Å². The molecule has 4 fully saturated rings. The van der Waals surface area contributed by atoms with Crippen LogP contribution in [-0.2, 0) is 9.47 Å². The van der Waals surface area contributed by atoms with Gasteiger partial charge in [-0.05, 0) is 106 Å². The fraction of sp³-hybridized carbons (Fsp3) is 0.923. The van der Waals surface area contributed by atoms with Gasteiger partial charge in [0.2, 0.25) is 0 Å². The average molecular weight is 481 g/mol. The summed E-state index contributed by atoms with van der Waals surface area (Å²) in [6, 6.07) is 1.63. The second kappa shape index (κ2) is 11.5. The first-order valence-corrected chi connectivity index (χ1v) is 13.4. The van der Waals surface area contributed by atoms with E-state index in [2.05, 4.69) is 10.6 Å². The van der Waals surface area contributed by atoms with Gasteiger partial charge in [0.25, 0.3) is 0 Å². The summed E-state index contributed by atoms with van der Waals surface area (Å²) in [5.41, 5.74) is -0.793. The van der Waals surface area contributed by atoms with Crippen molar-refractivity contribution in [2.24, 2.45) is 0 Å². The van der Waals surface area contributed by atoms with Crippen molar-refractivity contribution in [3.8, 4) is 0 Å². The Labute approximate surface area is 206 Å². The van der Waals surface area contributed by atoms with E-state index in [1.807, 2.05) is 51.3 Å². The van der Waals surface area contributed by atoms with Gasteiger partial charge >= 0.3 is 12.2 Å². The van der Waals surface area contributed by atoms with Crippen LogP contribution in [-0.4, -0.2) is 83.5 Å². The van der Waals surface area contributed by atoms with Gasteiger partial charge in [-0.1, -0.05) is 0 Å². The highest BCUT2D eigenvalue weighted by molar-refractivity contribution is 5.69. The van der Waals surface area contributed by atoms with E-state index in [1.54, 1.807) is 0 Å². The van der Waals surface area contributed by atoms with Crippen LogP contribution in [0, 0.1) is 0 Å². The number of fused-ring (bicyclic) bond motifs is 2. The third kappa shape index (κ3) is 7.74. The number of nitrogens with one attached hydrogen (secondary N) is 2. The number of amides is 2. The number of carbonyl (C=O) groups excluding carboxylic acids is 2. The molecule has 34 heavy (non-hydrogen) atoms. The normalized spacial score (nSPS) is 29.7. The van der Waals surface area contributed by atoms with E-state index in [1.165, 1.54) is 12.8 Å². The van der Waals surface area contributed by atoms with Gasteiger partial charge in [0.05, 0.1) is 12.1 Å². The molecular weight excluding hydrogens is 432 g/mol. The Balaban J connectivity index is 0.000000191. The Morgan fingerprint density at radius 1 is 0.647 bits per heavy atom. The SMILES string of the molecule is CC(C)(C)OC(=O)N1CCC[C@@H]2NCCC[C@H]21.CC(C)(C)OC(=O)N1CCC[C@H]2NCCC[C@@H]21. The molecule has 8 nitrogen and oxygen atoms in total. The Hall–Kier alpha value is -1.54. The lowest BCUT2D eigenvalue weighted by Gasteiger charge is -2.44. The first-order chi connectivity index (χ1) is 15.9. The first-order valence-electron chi connectivity index (χ1n) is 13.4. The molecule has 4 rings (SSSR count). The van der Waals surface area contributed by atoms with Gasteiger partial charge in [0, 0.05) is 25.2 Å². The molecule has 0 aliphatic carbocycles. The lowest BCUT2D eigenvalue weighted by atomic mass is 9.90. The van der Waals surface area contributed by atoms with Crippen LogP contribution >= 0.6 is 0 Å². The third-order valence-corrected chi connectivity index (χ3v) is 6.98. The van der Waals surface area contributed by atoms with Gasteiger partial charge in [-0.15, -0.1) is 0 Å². The number of rotatable bonds is 0. The Morgan fingerprint density at radius 3 is 1.38 bits per heavy atom. The fourth-order valence-electron chi connectivity index (χ4n) is 5.60. The number of piperidine rings is 4. The molecule has 4 atom stereocenters. The molecule has 4 saturated heterocycles. The van der Waals surface area contributed by atoms with E-state index in [9.17, 15) is 9.59 Å². The molecule has 0 spiro atoms. The predicted octanol–water partition coefficient (Wildman–Crippen LogP) is 4.28. The van der Waals surface area contributed by atoms with Gasteiger partial charge in [-0.25, -0.2) is 9.59 Å². The molecule has 4 aliphatic heterocycles. The Kier molecular flexibility index (Phi) is 9.12. The summed E-state index contributed by atoms with van der Waals surface area (Å²) in [5.74, 6) is 0. The van der Waals surface area contributed by atoms with Crippen LogP contribution in [0.4, 0.5) is 9.59 Å². The molecule has 4 aliphatic rings. The highest BCUT2D eigenvalue weighted by Gasteiger charge is 2.38. The standard InChI is InChI=1S/2C13H24N2O2/c2*1-13(2,3)17-12(16)15-9-5-6-10-11(15)7-4-8-14-10/h2*10-11,14H,4-9H2,1-3H3/t2*10-,11+/m10/s1. The van der Waals surface area contributed by atoms with Crippen LogP contribution in [0.5, 0.6) is 0 Å². The largest absolute Gasteiger partial charge is 0.444 e. The van der Waals surface area contributed by atoms with Crippen LogP contribution in [0.15, 0.2) is 0 Å².